The molecule has 116 valence electrons. The van der Waals surface area contributed by atoms with Crippen LogP contribution in [-0.2, 0) is 0 Å². The van der Waals surface area contributed by atoms with Gasteiger partial charge in [-0.25, -0.2) is 0 Å². The Bertz CT molecular complexity index is 517. The van der Waals surface area contributed by atoms with E-state index in [0.717, 1.165) is 45.1 Å². The van der Waals surface area contributed by atoms with E-state index >= 15 is 0 Å². The molecule has 1 aliphatic heterocycles. The molecule has 0 unspecified atom stereocenters. The third-order valence-electron chi connectivity index (χ3n) is 3.70. The van der Waals surface area contributed by atoms with Crippen molar-refractivity contribution >= 4 is 5.91 Å². The van der Waals surface area contributed by atoms with Crippen LogP contribution in [0.15, 0.2) is 17.2 Å². The smallest absolute Gasteiger partial charge is 0.269 e. The van der Waals surface area contributed by atoms with Gasteiger partial charge in [0.25, 0.3) is 11.5 Å². The normalized spacial score (nSPS) is 19.4. The van der Waals surface area contributed by atoms with Crippen LogP contribution in [0.3, 0.4) is 0 Å². The summed E-state index contributed by atoms with van der Waals surface area (Å²) in [6, 6.07) is 0. The molecule has 21 heavy (non-hydrogen) atoms. The molecule has 0 aromatic carbocycles. The van der Waals surface area contributed by atoms with Crippen LogP contribution in [0.5, 0.6) is 0 Å². The Hall–Kier alpha value is -1.73. The van der Waals surface area contributed by atoms with Gasteiger partial charge in [-0.2, -0.15) is 0 Å². The Morgan fingerprint density at radius 2 is 2.38 bits per heavy atom. The van der Waals surface area contributed by atoms with Crippen molar-refractivity contribution in [3.05, 3.63) is 28.4 Å². The molecular formula is C14H22N4O3. The zero-order valence-electron chi connectivity index (χ0n) is 12.0. The van der Waals surface area contributed by atoms with Gasteiger partial charge < -0.3 is 20.3 Å². The predicted octanol–water partition coefficient (Wildman–Crippen LogP) is -0.406. The summed E-state index contributed by atoms with van der Waals surface area (Å²) in [5.74, 6) is 0.0703. The molecule has 1 aromatic heterocycles. The number of aromatic amines is 1. The Balaban J connectivity index is 1.67. The molecule has 0 saturated carbocycles. The first-order valence-electron chi connectivity index (χ1n) is 7.35. The lowest BCUT2D eigenvalue weighted by molar-refractivity contribution is 0.0941. The molecule has 1 fully saturated rings. The van der Waals surface area contributed by atoms with E-state index in [1.165, 1.54) is 6.20 Å². The molecule has 0 bridgehead atoms. The first-order valence-corrected chi connectivity index (χ1v) is 7.35. The van der Waals surface area contributed by atoms with Crippen molar-refractivity contribution in [2.45, 2.75) is 19.3 Å². The number of hydrogen-bond donors (Lipinski definition) is 3. The van der Waals surface area contributed by atoms with E-state index in [0.29, 0.717) is 12.5 Å². The first kappa shape index (κ1) is 15.7. The summed E-state index contributed by atoms with van der Waals surface area (Å²) < 4.78 is 0. The van der Waals surface area contributed by atoms with Gasteiger partial charge in [0.05, 0.1) is 12.4 Å². The maximum Gasteiger partial charge on any atom is 0.269 e. The van der Waals surface area contributed by atoms with Crippen LogP contribution >= 0.6 is 0 Å². The number of carbonyl (C=O) groups is 1. The van der Waals surface area contributed by atoms with Gasteiger partial charge in [-0.1, -0.05) is 0 Å². The van der Waals surface area contributed by atoms with Crippen molar-refractivity contribution in [1.29, 1.82) is 0 Å². The molecule has 7 nitrogen and oxygen atoms in total. The molecule has 1 aromatic rings. The molecule has 2 heterocycles. The second-order valence-corrected chi connectivity index (χ2v) is 5.41. The van der Waals surface area contributed by atoms with E-state index in [9.17, 15) is 14.7 Å². The summed E-state index contributed by atoms with van der Waals surface area (Å²) in [7, 11) is 0. The second kappa shape index (κ2) is 7.90. The highest BCUT2D eigenvalue weighted by atomic mass is 16.3. The molecule has 3 N–H and O–H groups in total. The van der Waals surface area contributed by atoms with Crippen molar-refractivity contribution < 1.29 is 9.90 Å². The standard InChI is InChI=1S/C14H22N4O3/c19-10-11-3-1-5-18(9-11)6-2-4-16-14(21)12-7-15-8-13(20)17-12/h7-8,11,19H,1-6,9-10H2,(H,16,21)(H,17,20)/t11-/m1/s1. The van der Waals surface area contributed by atoms with Crippen LogP contribution in [0, 0.1) is 5.92 Å². The second-order valence-electron chi connectivity index (χ2n) is 5.41. The molecule has 0 spiro atoms. The van der Waals surface area contributed by atoms with Crippen molar-refractivity contribution in [1.82, 2.24) is 20.2 Å². The molecule has 7 heteroatoms. The average Bonchev–Trinajstić information content (AvgIpc) is 2.51. The van der Waals surface area contributed by atoms with Crippen LogP contribution in [0.4, 0.5) is 0 Å². The van der Waals surface area contributed by atoms with Crippen molar-refractivity contribution in [2.24, 2.45) is 5.92 Å². The van der Waals surface area contributed by atoms with E-state index < -0.39 is 0 Å². The van der Waals surface area contributed by atoms with Gasteiger partial charge in [0, 0.05) is 19.7 Å². The zero-order chi connectivity index (χ0) is 15.1. The lowest BCUT2D eigenvalue weighted by atomic mass is 9.99. The van der Waals surface area contributed by atoms with Gasteiger partial charge in [-0.3, -0.25) is 14.6 Å². The number of nitrogens with one attached hydrogen (secondary N) is 2. The third-order valence-corrected chi connectivity index (χ3v) is 3.70. The van der Waals surface area contributed by atoms with E-state index in [2.05, 4.69) is 20.2 Å². The lowest BCUT2D eigenvalue weighted by Gasteiger charge is -2.31. The number of aliphatic hydroxyl groups is 1. The average molecular weight is 294 g/mol. The van der Waals surface area contributed by atoms with Gasteiger partial charge in [0.2, 0.25) is 0 Å². The predicted molar refractivity (Wildman–Crippen MR) is 78.1 cm³/mol. The number of aliphatic hydroxyl groups excluding tert-OH is 1. The Kier molecular flexibility index (Phi) is 5.89. The quantitative estimate of drug-likeness (QED) is 0.620. The largest absolute Gasteiger partial charge is 0.396 e. The summed E-state index contributed by atoms with van der Waals surface area (Å²) in [5.41, 5.74) is -0.202. The number of piperidine rings is 1. The van der Waals surface area contributed by atoms with Gasteiger partial charge in [-0.15, -0.1) is 0 Å². The number of carbonyl (C=O) groups excluding carboxylic acids is 1. The van der Waals surface area contributed by atoms with Crippen molar-refractivity contribution in [3.8, 4) is 0 Å². The maximum absolute atomic E-state index is 11.8. The topological polar surface area (TPSA) is 98.3 Å². The number of nitrogens with zero attached hydrogens (tertiary/aromatic N) is 2. The molecule has 1 atom stereocenters. The summed E-state index contributed by atoms with van der Waals surface area (Å²) in [6.07, 6.45) is 5.53. The number of H-pyrrole nitrogens is 1. The van der Waals surface area contributed by atoms with Crippen LogP contribution in [0.2, 0.25) is 0 Å². The van der Waals surface area contributed by atoms with E-state index in [-0.39, 0.29) is 23.8 Å². The summed E-state index contributed by atoms with van der Waals surface area (Å²) in [5, 5.41) is 11.9. The van der Waals surface area contributed by atoms with E-state index in [1.54, 1.807) is 0 Å². The molecule has 0 radical (unpaired) electrons. The molecule has 1 amide bonds. The van der Waals surface area contributed by atoms with Gasteiger partial charge >= 0.3 is 0 Å². The minimum atomic E-state index is -0.383. The van der Waals surface area contributed by atoms with Gasteiger partial charge in [-0.05, 0) is 38.3 Å². The Morgan fingerprint density at radius 3 is 3.14 bits per heavy atom. The van der Waals surface area contributed by atoms with E-state index in [1.807, 2.05) is 0 Å². The number of likely N-dealkylation sites (tertiary alicyclic amines) is 1. The van der Waals surface area contributed by atoms with E-state index in [4.69, 9.17) is 0 Å². The number of hydrogen-bond acceptors (Lipinski definition) is 5. The third kappa shape index (κ3) is 4.95. The monoisotopic (exact) mass is 294 g/mol. The lowest BCUT2D eigenvalue weighted by Crippen LogP contribution is -2.38. The Morgan fingerprint density at radius 1 is 1.52 bits per heavy atom. The minimum Gasteiger partial charge on any atom is -0.396 e. The zero-order valence-corrected chi connectivity index (χ0v) is 12.0. The fourth-order valence-electron chi connectivity index (χ4n) is 2.60. The van der Waals surface area contributed by atoms with Crippen LogP contribution in [0.25, 0.3) is 0 Å². The highest BCUT2D eigenvalue weighted by Gasteiger charge is 2.18. The fourth-order valence-corrected chi connectivity index (χ4v) is 2.60. The first-order chi connectivity index (χ1) is 10.2. The Labute approximate surface area is 123 Å². The van der Waals surface area contributed by atoms with Crippen LogP contribution < -0.4 is 10.9 Å². The van der Waals surface area contributed by atoms with Crippen molar-refractivity contribution in [3.63, 3.8) is 0 Å². The summed E-state index contributed by atoms with van der Waals surface area (Å²) in [6.45, 7) is 3.69. The highest BCUT2D eigenvalue weighted by molar-refractivity contribution is 5.91. The minimum absolute atomic E-state index is 0.181. The highest BCUT2D eigenvalue weighted by Crippen LogP contribution is 2.15. The summed E-state index contributed by atoms with van der Waals surface area (Å²) >= 11 is 0. The van der Waals surface area contributed by atoms with Crippen LogP contribution in [-0.4, -0.2) is 58.7 Å². The maximum atomic E-state index is 11.8. The molecule has 2 rings (SSSR count). The number of rotatable bonds is 6. The SMILES string of the molecule is O=C(NCCCN1CCC[C@@H](CO)C1)c1cncc(=O)[nH]1. The molecule has 1 saturated heterocycles. The number of amides is 1. The van der Waals surface area contributed by atoms with Gasteiger partial charge in [0.15, 0.2) is 0 Å². The van der Waals surface area contributed by atoms with Crippen molar-refractivity contribution in [2.75, 3.05) is 32.8 Å². The summed E-state index contributed by atoms with van der Waals surface area (Å²) in [4.78, 5) is 31.3. The number of aromatic nitrogens is 2. The fraction of sp³-hybridized carbons (Fsp3) is 0.643. The molecule has 1 aliphatic rings. The molecule has 0 aliphatic carbocycles. The van der Waals surface area contributed by atoms with Gasteiger partial charge in [0.1, 0.15) is 5.69 Å². The van der Waals surface area contributed by atoms with Crippen LogP contribution in [0.1, 0.15) is 29.8 Å². The molecular weight excluding hydrogens is 272 g/mol.